The number of aryl methyl sites for hydroxylation is 1. The van der Waals surface area contributed by atoms with Gasteiger partial charge in [0.2, 0.25) is 0 Å². The smallest absolute Gasteiger partial charge is 0.333 e. The van der Waals surface area contributed by atoms with Gasteiger partial charge in [-0.2, -0.15) is 13.9 Å². The van der Waals surface area contributed by atoms with Gasteiger partial charge in [-0.25, -0.2) is 4.68 Å². The van der Waals surface area contributed by atoms with Gasteiger partial charge in [0, 0.05) is 50.5 Å². The molecule has 1 aliphatic rings. The zero-order valence-electron chi connectivity index (χ0n) is 13.4. The summed E-state index contributed by atoms with van der Waals surface area (Å²) in [5, 5.41) is 3.66. The van der Waals surface area contributed by atoms with Gasteiger partial charge in [0.05, 0.1) is 0 Å². The molecule has 8 heteroatoms. The Morgan fingerprint density at radius 2 is 2.04 bits per heavy atom. The second kappa shape index (κ2) is 6.94. The minimum absolute atomic E-state index is 0.0591. The Morgan fingerprint density at radius 1 is 1.21 bits per heavy atom. The number of carbonyl (C=O) groups is 1. The van der Waals surface area contributed by atoms with Crippen LogP contribution in [0.2, 0.25) is 0 Å². The van der Waals surface area contributed by atoms with Crippen LogP contribution in [0.1, 0.15) is 29.0 Å². The molecule has 1 amide bonds. The van der Waals surface area contributed by atoms with E-state index in [0.717, 1.165) is 30.4 Å². The Hall–Kier alpha value is -2.51. The van der Waals surface area contributed by atoms with Crippen molar-refractivity contribution in [1.82, 2.24) is 19.7 Å². The van der Waals surface area contributed by atoms with Crippen LogP contribution in [0.5, 0.6) is 0 Å². The fraction of sp³-hybridized carbons (Fsp3) is 0.438. The lowest BCUT2D eigenvalue weighted by Gasteiger charge is -2.24. The molecule has 24 heavy (non-hydrogen) atoms. The molecule has 1 saturated heterocycles. The Morgan fingerprint density at radius 3 is 2.75 bits per heavy atom. The van der Waals surface area contributed by atoms with Crippen molar-refractivity contribution in [2.45, 2.75) is 19.9 Å². The number of hydrogen-bond donors (Lipinski definition) is 0. The summed E-state index contributed by atoms with van der Waals surface area (Å²) < 4.78 is 25.7. The van der Waals surface area contributed by atoms with Gasteiger partial charge >= 0.3 is 6.55 Å². The molecule has 3 rings (SSSR count). The van der Waals surface area contributed by atoms with Crippen molar-refractivity contribution in [2.24, 2.45) is 0 Å². The molecule has 0 atom stereocenters. The summed E-state index contributed by atoms with van der Waals surface area (Å²) >= 11 is 0. The highest BCUT2D eigenvalue weighted by Crippen LogP contribution is 2.20. The molecule has 0 saturated carbocycles. The average Bonchev–Trinajstić information content (AvgIpc) is 2.94. The van der Waals surface area contributed by atoms with E-state index in [1.54, 1.807) is 11.1 Å². The maximum atomic E-state index is 12.6. The van der Waals surface area contributed by atoms with Gasteiger partial charge in [-0.05, 0) is 31.0 Å². The van der Waals surface area contributed by atoms with E-state index in [1.807, 2.05) is 19.2 Å². The highest BCUT2D eigenvalue weighted by Gasteiger charge is 2.23. The zero-order chi connectivity index (χ0) is 17.1. The van der Waals surface area contributed by atoms with Gasteiger partial charge in [-0.1, -0.05) is 0 Å². The first-order valence-electron chi connectivity index (χ1n) is 7.84. The van der Waals surface area contributed by atoms with Crippen LogP contribution in [0.15, 0.2) is 30.7 Å². The molecule has 2 aromatic heterocycles. The summed E-state index contributed by atoms with van der Waals surface area (Å²) in [6.45, 7) is 1.91. The normalized spacial score (nSPS) is 15.7. The number of alkyl halides is 2. The van der Waals surface area contributed by atoms with E-state index < -0.39 is 6.55 Å². The monoisotopic (exact) mass is 335 g/mol. The van der Waals surface area contributed by atoms with Crippen molar-refractivity contribution in [3.8, 4) is 0 Å². The van der Waals surface area contributed by atoms with Crippen LogP contribution in [0.3, 0.4) is 0 Å². The second-order valence-electron chi connectivity index (χ2n) is 5.75. The topological polar surface area (TPSA) is 54.3 Å². The van der Waals surface area contributed by atoms with Crippen LogP contribution in [-0.4, -0.2) is 51.8 Å². The van der Waals surface area contributed by atoms with E-state index in [-0.39, 0.29) is 11.6 Å². The number of halogens is 2. The maximum absolute atomic E-state index is 12.6. The van der Waals surface area contributed by atoms with Crippen molar-refractivity contribution in [1.29, 1.82) is 0 Å². The average molecular weight is 335 g/mol. The van der Waals surface area contributed by atoms with Crippen LogP contribution in [0.25, 0.3) is 0 Å². The number of anilines is 1. The Balaban J connectivity index is 1.68. The first-order chi connectivity index (χ1) is 11.6. The van der Waals surface area contributed by atoms with E-state index in [9.17, 15) is 13.6 Å². The van der Waals surface area contributed by atoms with Gasteiger partial charge in [-0.3, -0.25) is 9.78 Å². The molecule has 2 aromatic rings. The fourth-order valence-corrected chi connectivity index (χ4v) is 2.91. The molecule has 0 aromatic carbocycles. The summed E-state index contributed by atoms with van der Waals surface area (Å²) in [5.41, 5.74) is 2.26. The maximum Gasteiger partial charge on any atom is 0.333 e. The molecule has 1 aliphatic heterocycles. The van der Waals surface area contributed by atoms with Crippen LogP contribution >= 0.6 is 0 Å². The van der Waals surface area contributed by atoms with Crippen LogP contribution in [0.4, 0.5) is 14.5 Å². The van der Waals surface area contributed by atoms with Gasteiger partial charge in [0.25, 0.3) is 5.91 Å². The molecule has 0 radical (unpaired) electrons. The zero-order valence-corrected chi connectivity index (χ0v) is 13.4. The van der Waals surface area contributed by atoms with Crippen LogP contribution in [0, 0.1) is 6.92 Å². The van der Waals surface area contributed by atoms with Crippen molar-refractivity contribution in [3.63, 3.8) is 0 Å². The molecular formula is C16H19F2N5O. The minimum Gasteiger partial charge on any atom is -0.369 e. The van der Waals surface area contributed by atoms with Crippen molar-refractivity contribution >= 4 is 11.6 Å². The van der Waals surface area contributed by atoms with E-state index in [0.29, 0.717) is 24.3 Å². The molecule has 0 bridgehead atoms. The summed E-state index contributed by atoms with van der Waals surface area (Å²) in [6.07, 6.45) is 5.51. The Bertz CT molecular complexity index is 718. The minimum atomic E-state index is -2.74. The SMILES string of the molecule is Cc1cnccc1N1CCCN(C(=O)c2ccn(C(F)F)n2)CC1. The van der Waals surface area contributed by atoms with Gasteiger partial charge in [0.1, 0.15) is 0 Å². The standard InChI is InChI=1S/C16H19F2N5O/c1-12-11-19-5-3-14(12)21-6-2-7-22(10-9-21)15(24)13-4-8-23(20-13)16(17)18/h3-5,8,11,16H,2,6-7,9-10H2,1H3. The molecule has 6 nitrogen and oxygen atoms in total. The highest BCUT2D eigenvalue weighted by atomic mass is 19.3. The van der Waals surface area contributed by atoms with Crippen molar-refractivity contribution < 1.29 is 13.6 Å². The number of hydrogen-bond acceptors (Lipinski definition) is 4. The molecule has 0 spiro atoms. The van der Waals surface area contributed by atoms with Gasteiger partial charge in [0.15, 0.2) is 5.69 Å². The summed E-state index contributed by atoms with van der Waals surface area (Å²) in [6, 6.07) is 3.31. The Kier molecular flexibility index (Phi) is 4.73. The van der Waals surface area contributed by atoms with Gasteiger partial charge < -0.3 is 9.80 Å². The first-order valence-corrected chi connectivity index (χ1v) is 7.84. The number of amides is 1. The predicted molar refractivity (Wildman–Crippen MR) is 85.2 cm³/mol. The van der Waals surface area contributed by atoms with Crippen LogP contribution in [-0.2, 0) is 0 Å². The second-order valence-corrected chi connectivity index (χ2v) is 5.75. The molecule has 128 valence electrons. The summed E-state index contributed by atoms with van der Waals surface area (Å²) in [7, 11) is 0. The molecule has 0 unspecified atom stereocenters. The predicted octanol–water partition coefficient (Wildman–Crippen LogP) is 2.33. The van der Waals surface area contributed by atoms with E-state index in [2.05, 4.69) is 15.0 Å². The van der Waals surface area contributed by atoms with E-state index in [4.69, 9.17) is 0 Å². The third-order valence-electron chi connectivity index (χ3n) is 4.14. The molecule has 0 N–H and O–H groups in total. The summed E-state index contributed by atoms with van der Waals surface area (Å²) in [5.74, 6) is -0.303. The molecule has 1 fully saturated rings. The van der Waals surface area contributed by atoms with Gasteiger partial charge in [-0.15, -0.1) is 0 Å². The summed E-state index contributed by atoms with van der Waals surface area (Å²) in [4.78, 5) is 20.5. The third kappa shape index (κ3) is 3.37. The number of aromatic nitrogens is 3. The lowest BCUT2D eigenvalue weighted by molar-refractivity contribution is 0.0552. The lowest BCUT2D eigenvalue weighted by Crippen LogP contribution is -2.35. The quantitative estimate of drug-likeness (QED) is 0.864. The molecule has 0 aliphatic carbocycles. The van der Waals surface area contributed by atoms with E-state index in [1.165, 1.54) is 6.07 Å². The fourth-order valence-electron chi connectivity index (χ4n) is 2.91. The third-order valence-corrected chi connectivity index (χ3v) is 4.14. The first kappa shape index (κ1) is 16.4. The van der Waals surface area contributed by atoms with Crippen molar-refractivity contribution in [3.05, 3.63) is 42.0 Å². The number of carbonyl (C=O) groups excluding carboxylic acids is 1. The van der Waals surface area contributed by atoms with E-state index >= 15 is 0 Å². The lowest BCUT2D eigenvalue weighted by atomic mass is 10.2. The number of pyridine rings is 1. The van der Waals surface area contributed by atoms with Crippen LogP contribution < -0.4 is 4.90 Å². The molecule has 3 heterocycles. The Labute approximate surface area is 138 Å². The van der Waals surface area contributed by atoms with Crippen molar-refractivity contribution in [2.75, 3.05) is 31.1 Å². The number of rotatable bonds is 3. The number of nitrogens with zero attached hydrogens (tertiary/aromatic N) is 5. The largest absolute Gasteiger partial charge is 0.369 e. The molecular weight excluding hydrogens is 316 g/mol. The highest BCUT2D eigenvalue weighted by molar-refractivity contribution is 5.92.